The summed E-state index contributed by atoms with van der Waals surface area (Å²) in [6.07, 6.45) is 3.93. The second-order valence-corrected chi connectivity index (χ2v) is 8.33. The van der Waals surface area contributed by atoms with E-state index in [4.69, 9.17) is 9.52 Å². The first-order valence-corrected chi connectivity index (χ1v) is 10.7. The molecule has 0 saturated heterocycles. The van der Waals surface area contributed by atoms with Gasteiger partial charge in [0, 0.05) is 10.8 Å². The largest absolute Gasteiger partial charge is 0.467 e. The number of amides is 1. The van der Waals surface area contributed by atoms with Crippen LogP contribution in [-0.2, 0) is 13.1 Å². The summed E-state index contributed by atoms with van der Waals surface area (Å²) in [6, 6.07) is 19.6. The van der Waals surface area contributed by atoms with Crippen molar-refractivity contribution in [3.63, 3.8) is 0 Å². The van der Waals surface area contributed by atoms with Gasteiger partial charge in [0.25, 0.3) is 5.91 Å². The lowest BCUT2D eigenvalue weighted by Gasteiger charge is -2.21. The van der Waals surface area contributed by atoms with Gasteiger partial charge in [0.1, 0.15) is 11.5 Å². The Morgan fingerprint density at radius 1 is 1.10 bits per heavy atom. The van der Waals surface area contributed by atoms with E-state index in [0.29, 0.717) is 24.7 Å². The first-order chi connectivity index (χ1) is 14.3. The Balaban J connectivity index is 1.52. The van der Waals surface area contributed by atoms with Crippen LogP contribution in [0.3, 0.4) is 0 Å². The number of rotatable bonds is 7. The summed E-state index contributed by atoms with van der Waals surface area (Å²) in [5.74, 6) is 1.20. The molecule has 1 aliphatic rings. The third-order valence-electron chi connectivity index (χ3n) is 5.08. The van der Waals surface area contributed by atoms with Crippen LogP contribution in [0.2, 0.25) is 0 Å². The quantitative estimate of drug-likeness (QED) is 0.424. The number of para-hydroxylation sites is 1. The van der Waals surface area contributed by atoms with E-state index in [-0.39, 0.29) is 5.91 Å². The van der Waals surface area contributed by atoms with Gasteiger partial charge in [-0.2, -0.15) is 5.10 Å². The average molecular weight is 404 g/mol. The van der Waals surface area contributed by atoms with Crippen molar-refractivity contribution >= 4 is 17.2 Å². The summed E-state index contributed by atoms with van der Waals surface area (Å²) in [5, 5.41) is 6.82. The first-order valence-electron chi connectivity index (χ1n) is 9.77. The second-order valence-electron chi connectivity index (χ2n) is 7.30. The number of hydrogen-bond acceptors (Lipinski definition) is 4. The molecule has 5 rings (SSSR count). The summed E-state index contributed by atoms with van der Waals surface area (Å²) < 4.78 is 7.32. The molecule has 4 aromatic rings. The molecule has 0 spiro atoms. The number of aromatic nitrogens is 2. The molecule has 146 valence electrons. The molecule has 1 fully saturated rings. The molecule has 3 aromatic heterocycles. The lowest BCUT2D eigenvalue weighted by atomic mass is 10.2. The minimum absolute atomic E-state index is 0.0435. The summed E-state index contributed by atoms with van der Waals surface area (Å²) in [4.78, 5) is 16.6. The molecule has 0 atom stereocenters. The Hall–Kier alpha value is -3.12. The lowest BCUT2D eigenvalue weighted by Crippen LogP contribution is -2.31. The summed E-state index contributed by atoms with van der Waals surface area (Å²) >= 11 is 1.65. The molecule has 0 N–H and O–H groups in total. The Labute approximate surface area is 173 Å². The number of carbonyl (C=O) groups excluding carboxylic acids is 1. The highest BCUT2D eigenvalue weighted by Crippen LogP contribution is 2.40. The van der Waals surface area contributed by atoms with E-state index in [2.05, 4.69) is 6.07 Å². The topological polar surface area (TPSA) is 51.3 Å². The Morgan fingerprint density at radius 3 is 2.66 bits per heavy atom. The van der Waals surface area contributed by atoms with Gasteiger partial charge in [-0.05, 0) is 54.6 Å². The highest BCUT2D eigenvalue weighted by molar-refractivity contribution is 7.09. The standard InChI is InChI=1S/C23H21N3O2S/c27-23(25(15-19-8-4-12-28-19)16-20-9-5-13-29-20)22-14-21(17-10-11-17)24-26(22)18-6-2-1-3-7-18/h1-9,12-14,17H,10-11,15-16H2. The molecular weight excluding hydrogens is 382 g/mol. The minimum Gasteiger partial charge on any atom is -0.467 e. The fraction of sp³-hybridized carbons (Fsp3) is 0.217. The number of carbonyl (C=O) groups is 1. The van der Waals surface area contributed by atoms with Crippen LogP contribution in [0.5, 0.6) is 0 Å². The van der Waals surface area contributed by atoms with Crippen molar-refractivity contribution in [3.05, 3.63) is 94.3 Å². The summed E-state index contributed by atoms with van der Waals surface area (Å²) in [7, 11) is 0. The van der Waals surface area contributed by atoms with Crippen LogP contribution in [0.15, 0.2) is 76.7 Å². The predicted octanol–water partition coefficient (Wildman–Crippen LogP) is 5.25. The zero-order chi connectivity index (χ0) is 19.6. The monoisotopic (exact) mass is 403 g/mol. The maximum Gasteiger partial charge on any atom is 0.273 e. The minimum atomic E-state index is -0.0435. The van der Waals surface area contributed by atoms with Crippen LogP contribution in [0.1, 0.15) is 45.6 Å². The van der Waals surface area contributed by atoms with E-state index in [1.807, 2.05) is 64.9 Å². The van der Waals surface area contributed by atoms with Crippen molar-refractivity contribution in [3.8, 4) is 5.69 Å². The van der Waals surface area contributed by atoms with Gasteiger partial charge in [-0.25, -0.2) is 4.68 Å². The van der Waals surface area contributed by atoms with Crippen molar-refractivity contribution < 1.29 is 9.21 Å². The van der Waals surface area contributed by atoms with Gasteiger partial charge in [0.15, 0.2) is 0 Å². The molecule has 0 radical (unpaired) electrons. The number of benzene rings is 1. The van der Waals surface area contributed by atoms with E-state index >= 15 is 0 Å². The Kier molecular flexibility index (Phi) is 4.77. The van der Waals surface area contributed by atoms with Gasteiger partial charge in [0.05, 0.1) is 30.7 Å². The highest BCUT2D eigenvalue weighted by Gasteiger charge is 2.30. The number of hydrogen-bond donors (Lipinski definition) is 0. The van der Waals surface area contributed by atoms with E-state index in [9.17, 15) is 4.79 Å². The van der Waals surface area contributed by atoms with Gasteiger partial charge in [-0.15, -0.1) is 11.3 Å². The molecule has 0 unspecified atom stereocenters. The number of thiophene rings is 1. The fourth-order valence-corrected chi connectivity index (χ4v) is 4.16. The molecule has 5 nitrogen and oxygen atoms in total. The van der Waals surface area contributed by atoms with E-state index < -0.39 is 0 Å². The van der Waals surface area contributed by atoms with E-state index in [1.54, 1.807) is 22.3 Å². The number of furan rings is 1. The summed E-state index contributed by atoms with van der Waals surface area (Å²) in [5.41, 5.74) is 2.50. The third kappa shape index (κ3) is 3.89. The molecule has 0 aliphatic heterocycles. The van der Waals surface area contributed by atoms with Gasteiger partial charge in [0.2, 0.25) is 0 Å². The van der Waals surface area contributed by atoms with Crippen molar-refractivity contribution in [1.82, 2.24) is 14.7 Å². The SMILES string of the molecule is O=C(c1cc(C2CC2)nn1-c1ccccc1)N(Cc1ccco1)Cc1cccs1. The van der Waals surface area contributed by atoms with Crippen molar-refractivity contribution in [1.29, 1.82) is 0 Å². The van der Waals surface area contributed by atoms with Crippen LogP contribution >= 0.6 is 11.3 Å². The molecule has 1 aliphatic carbocycles. The van der Waals surface area contributed by atoms with Crippen molar-refractivity contribution in [2.45, 2.75) is 31.8 Å². The molecule has 29 heavy (non-hydrogen) atoms. The van der Waals surface area contributed by atoms with Crippen molar-refractivity contribution in [2.24, 2.45) is 0 Å². The molecule has 1 saturated carbocycles. The molecule has 1 aromatic carbocycles. The Morgan fingerprint density at radius 2 is 1.97 bits per heavy atom. The Bertz CT molecular complexity index is 1040. The molecular formula is C23H21N3O2S. The van der Waals surface area contributed by atoms with Gasteiger partial charge in [-0.3, -0.25) is 4.79 Å². The van der Waals surface area contributed by atoms with Crippen LogP contribution in [-0.4, -0.2) is 20.6 Å². The smallest absolute Gasteiger partial charge is 0.273 e. The van der Waals surface area contributed by atoms with Gasteiger partial charge < -0.3 is 9.32 Å². The maximum atomic E-state index is 13.7. The number of nitrogens with zero attached hydrogens (tertiary/aromatic N) is 3. The van der Waals surface area contributed by atoms with Gasteiger partial charge >= 0.3 is 0 Å². The van der Waals surface area contributed by atoms with E-state index in [1.165, 1.54) is 0 Å². The zero-order valence-corrected chi connectivity index (χ0v) is 16.7. The third-order valence-corrected chi connectivity index (χ3v) is 5.95. The normalized spacial score (nSPS) is 13.5. The molecule has 1 amide bonds. The van der Waals surface area contributed by atoms with Crippen LogP contribution < -0.4 is 0 Å². The second kappa shape index (κ2) is 7.72. The average Bonchev–Trinajstić information content (AvgIpc) is 3.16. The zero-order valence-electron chi connectivity index (χ0n) is 15.9. The van der Waals surface area contributed by atoms with Crippen LogP contribution in [0, 0.1) is 0 Å². The summed E-state index contributed by atoms with van der Waals surface area (Å²) in [6.45, 7) is 0.957. The lowest BCUT2D eigenvalue weighted by molar-refractivity contribution is 0.0710. The van der Waals surface area contributed by atoms with E-state index in [0.717, 1.165) is 34.9 Å². The first kappa shape index (κ1) is 17.9. The van der Waals surface area contributed by atoms with Crippen LogP contribution in [0.4, 0.5) is 0 Å². The molecule has 3 heterocycles. The van der Waals surface area contributed by atoms with Crippen LogP contribution in [0.25, 0.3) is 5.69 Å². The maximum absolute atomic E-state index is 13.7. The fourth-order valence-electron chi connectivity index (χ4n) is 3.44. The highest BCUT2D eigenvalue weighted by atomic mass is 32.1. The predicted molar refractivity (Wildman–Crippen MR) is 112 cm³/mol. The van der Waals surface area contributed by atoms with Gasteiger partial charge in [-0.1, -0.05) is 24.3 Å². The molecule has 0 bridgehead atoms. The molecule has 6 heteroatoms. The van der Waals surface area contributed by atoms with Crippen molar-refractivity contribution in [2.75, 3.05) is 0 Å².